The average molecular weight is 255 g/mol. The molecule has 86 valence electrons. The minimum atomic E-state index is 0. The van der Waals surface area contributed by atoms with Crippen LogP contribution in [0.1, 0.15) is 80.9 Å². The number of unbranched alkanes of at least 4 members (excludes halogenated alkanes) is 9. The number of halogens is 1. The van der Waals surface area contributed by atoms with Crippen molar-refractivity contribution >= 4 is 12.4 Å². The molecule has 0 unspecified atom stereocenters. The molecule has 0 heterocycles. The van der Waals surface area contributed by atoms with E-state index < -0.39 is 0 Å². The Labute approximate surface area is 151 Å². The van der Waals surface area contributed by atoms with Gasteiger partial charge in [0.15, 0.2) is 0 Å². The fourth-order valence-corrected chi connectivity index (χ4v) is 1.56. The van der Waals surface area contributed by atoms with Gasteiger partial charge in [-0.2, -0.15) is 0 Å². The van der Waals surface area contributed by atoms with Crippen LogP contribution in [0.2, 0.25) is 0 Å². The molecule has 0 aromatic rings. The van der Waals surface area contributed by atoms with Gasteiger partial charge in [-0.25, -0.2) is 0 Å². The van der Waals surface area contributed by atoms with Gasteiger partial charge in [0.1, 0.15) is 0 Å². The van der Waals surface area contributed by atoms with Crippen LogP contribution in [0, 0.1) is 0 Å². The van der Waals surface area contributed by atoms with Gasteiger partial charge in [-0.15, -0.1) is 12.4 Å². The van der Waals surface area contributed by atoms with Gasteiger partial charge in [-0.1, -0.05) is 78.1 Å². The normalized spacial score (nSPS) is 8.40. The molecular weight excluding hydrogens is 226 g/mol. The molecule has 0 aliphatic heterocycles. The monoisotopic (exact) mass is 254 g/mol. The molecular formula is C12H29ClNa2. The van der Waals surface area contributed by atoms with Crippen LogP contribution in [0.25, 0.3) is 0 Å². The Kier molecular flexibility index (Phi) is 43.7. The molecule has 0 aliphatic rings. The van der Waals surface area contributed by atoms with Crippen LogP contribution in [0.4, 0.5) is 0 Å². The van der Waals surface area contributed by atoms with Crippen molar-refractivity contribution in [3.63, 3.8) is 0 Å². The molecule has 0 aromatic heterocycles. The van der Waals surface area contributed by atoms with Crippen LogP contribution in [0.15, 0.2) is 0 Å². The van der Waals surface area contributed by atoms with Crippen molar-refractivity contribution in [2.45, 2.75) is 78.1 Å². The molecule has 0 bridgehead atoms. The summed E-state index contributed by atoms with van der Waals surface area (Å²) >= 11 is 0. The molecule has 0 aromatic carbocycles. The average Bonchev–Trinajstić information content (AvgIpc) is 2.10. The van der Waals surface area contributed by atoms with Crippen LogP contribution < -0.4 is 59.1 Å². The van der Waals surface area contributed by atoms with Gasteiger partial charge in [0.25, 0.3) is 0 Å². The van der Waals surface area contributed by atoms with Gasteiger partial charge in [-0.3, -0.25) is 0 Å². The van der Waals surface area contributed by atoms with Crippen LogP contribution >= 0.6 is 12.4 Å². The Morgan fingerprint density at radius 2 is 0.733 bits per heavy atom. The third-order valence-electron chi connectivity index (χ3n) is 2.46. The predicted octanol–water partition coefficient (Wildman–Crippen LogP) is -0.418. The van der Waals surface area contributed by atoms with E-state index in [1.54, 1.807) is 0 Å². The van der Waals surface area contributed by atoms with Crippen molar-refractivity contribution in [2.24, 2.45) is 0 Å². The van der Waals surface area contributed by atoms with Crippen molar-refractivity contribution in [3.05, 3.63) is 0 Å². The molecule has 0 N–H and O–H groups in total. The van der Waals surface area contributed by atoms with Crippen LogP contribution in [-0.4, -0.2) is 0 Å². The van der Waals surface area contributed by atoms with Gasteiger partial charge in [0.2, 0.25) is 0 Å². The third-order valence-corrected chi connectivity index (χ3v) is 2.46. The van der Waals surface area contributed by atoms with Gasteiger partial charge < -0.3 is 2.85 Å². The Hall–Kier alpha value is 2.29. The first-order chi connectivity index (χ1) is 5.91. The second-order valence-corrected chi connectivity index (χ2v) is 3.83. The predicted molar refractivity (Wildman–Crippen MR) is 67.0 cm³/mol. The quantitative estimate of drug-likeness (QED) is 0.388. The summed E-state index contributed by atoms with van der Waals surface area (Å²) in [6, 6.07) is 0. The van der Waals surface area contributed by atoms with Crippen LogP contribution in [-0.2, 0) is 0 Å². The van der Waals surface area contributed by atoms with E-state index in [2.05, 4.69) is 13.8 Å². The summed E-state index contributed by atoms with van der Waals surface area (Å²) in [5.41, 5.74) is 0. The van der Waals surface area contributed by atoms with Gasteiger partial charge in [0, 0.05) is 0 Å². The largest absolute Gasteiger partial charge is 1.00 e. The van der Waals surface area contributed by atoms with Gasteiger partial charge in [-0.05, 0) is 0 Å². The summed E-state index contributed by atoms with van der Waals surface area (Å²) in [6.45, 7) is 4.56. The molecule has 0 nitrogen and oxygen atoms in total. The molecule has 15 heavy (non-hydrogen) atoms. The van der Waals surface area contributed by atoms with E-state index in [4.69, 9.17) is 0 Å². The van der Waals surface area contributed by atoms with E-state index in [1.165, 1.54) is 64.2 Å². The van der Waals surface area contributed by atoms with Crippen molar-refractivity contribution < 1.29 is 62.0 Å². The van der Waals surface area contributed by atoms with Crippen molar-refractivity contribution in [3.8, 4) is 0 Å². The number of hydrogen-bond donors (Lipinski definition) is 0. The maximum Gasteiger partial charge on any atom is 1.00 e. The summed E-state index contributed by atoms with van der Waals surface area (Å²) in [6.07, 6.45) is 14.4. The van der Waals surface area contributed by atoms with Crippen molar-refractivity contribution in [2.75, 3.05) is 0 Å². The number of rotatable bonds is 9. The van der Waals surface area contributed by atoms with E-state index in [1.807, 2.05) is 0 Å². The fourth-order valence-electron chi connectivity index (χ4n) is 1.56. The summed E-state index contributed by atoms with van der Waals surface area (Å²) < 4.78 is 0. The second kappa shape index (κ2) is 25.2. The smallest absolute Gasteiger partial charge is 1.00 e. The summed E-state index contributed by atoms with van der Waals surface area (Å²) in [7, 11) is 0. The second-order valence-electron chi connectivity index (χ2n) is 3.83. The SMILES string of the molecule is CCCCCCCCCCCC.Cl.[H-].[H-].[Na+].[Na+]. The molecule has 0 spiro atoms. The van der Waals surface area contributed by atoms with Crippen molar-refractivity contribution in [1.82, 2.24) is 0 Å². The molecule has 3 heteroatoms. The zero-order chi connectivity index (χ0) is 9.07. The minimum absolute atomic E-state index is 0. The molecule has 0 saturated carbocycles. The van der Waals surface area contributed by atoms with Crippen LogP contribution in [0.5, 0.6) is 0 Å². The molecule has 0 amide bonds. The molecule has 0 saturated heterocycles. The summed E-state index contributed by atoms with van der Waals surface area (Å²) in [5, 5.41) is 0. The van der Waals surface area contributed by atoms with E-state index in [-0.39, 0.29) is 74.4 Å². The zero-order valence-corrected chi connectivity index (χ0v) is 16.3. The summed E-state index contributed by atoms with van der Waals surface area (Å²) in [4.78, 5) is 0. The molecule has 0 radical (unpaired) electrons. The first-order valence-electron chi connectivity index (χ1n) is 5.91. The van der Waals surface area contributed by atoms with E-state index in [0.717, 1.165) is 0 Å². The van der Waals surface area contributed by atoms with Gasteiger partial charge >= 0.3 is 59.1 Å². The Morgan fingerprint density at radius 1 is 0.533 bits per heavy atom. The van der Waals surface area contributed by atoms with E-state index in [0.29, 0.717) is 0 Å². The Bertz CT molecular complexity index is 78.9. The minimum Gasteiger partial charge on any atom is -1.00 e. The summed E-state index contributed by atoms with van der Waals surface area (Å²) in [5.74, 6) is 0. The standard InChI is InChI=1S/C12H26.ClH.2Na.2H/c1-3-5-7-9-11-12-10-8-6-4-2;;;;;/h3-12H2,1-2H3;1H;;;;/q;;2*+1;2*-1. The first-order valence-corrected chi connectivity index (χ1v) is 5.91. The zero-order valence-electron chi connectivity index (χ0n) is 13.5. The van der Waals surface area contributed by atoms with Crippen molar-refractivity contribution in [1.29, 1.82) is 0 Å². The van der Waals surface area contributed by atoms with E-state index >= 15 is 0 Å². The van der Waals surface area contributed by atoms with E-state index in [9.17, 15) is 0 Å². The Balaban J connectivity index is -0.0000000605. The van der Waals surface area contributed by atoms with Crippen LogP contribution in [0.3, 0.4) is 0 Å². The molecule has 0 atom stereocenters. The maximum absolute atomic E-state index is 2.28. The molecule has 0 aliphatic carbocycles. The third kappa shape index (κ3) is 26.1. The molecule has 0 fully saturated rings. The maximum atomic E-state index is 2.28. The first kappa shape index (κ1) is 26.0. The topological polar surface area (TPSA) is 0 Å². The fraction of sp³-hybridized carbons (Fsp3) is 1.00. The number of hydrogen-bond acceptors (Lipinski definition) is 0. The van der Waals surface area contributed by atoms with Gasteiger partial charge in [0.05, 0.1) is 0 Å². The molecule has 0 rings (SSSR count). The Morgan fingerprint density at radius 3 is 0.933 bits per heavy atom.